The van der Waals surface area contributed by atoms with Crippen LogP contribution in [0.15, 0.2) is 54.7 Å². The second-order valence-electron chi connectivity index (χ2n) is 8.93. The Morgan fingerprint density at radius 2 is 1.90 bits per heavy atom. The van der Waals surface area contributed by atoms with Gasteiger partial charge in [-0.2, -0.15) is 5.10 Å². The molecule has 2 aromatic carbocycles. The van der Waals surface area contributed by atoms with Crippen LogP contribution in [0.3, 0.4) is 0 Å². The third-order valence-electron chi connectivity index (χ3n) is 5.96. The summed E-state index contributed by atoms with van der Waals surface area (Å²) in [6, 6.07) is 12.7. The molecule has 14 heteroatoms. The van der Waals surface area contributed by atoms with Crippen LogP contribution in [0.4, 0.5) is 5.69 Å². The van der Waals surface area contributed by atoms with E-state index in [1.807, 2.05) is 0 Å². The van der Waals surface area contributed by atoms with Crippen LogP contribution in [0, 0.1) is 0 Å². The van der Waals surface area contributed by atoms with E-state index in [0.29, 0.717) is 64.8 Å². The van der Waals surface area contributed by atoms with Gasteiger partial charge in [0.2, 0.25) is 5.91 Å². The number of anilines is 1. The minimum absolute atomic E-state index is 0.0572. The van der Waals surface area contributed by atoms with Gasteiger partial charge in [-0.1, -0.05) is 28.9 Å². The number of esters is 1. The summed E-state index contributed by atoms with van der Waals surface area (Å²) in [6.07, 6.45) is 1.98. The first-order valence-corrected chi connectivity index (χ1v) is 12.9. The summed E-state index contributed by atoms with van der Waals surface area (Å²) in [5.74, 6) is -1.60. The zero-order chi connectivity index (χ0) is 29.4. The van der Waals surface area contributed by atoms with Crippen molar-refractivity contribution in [2.45, 2.75) is 38.5 Å². The molecule has 41 heavy (non-hydrogen) atoms. The molecule has 13 nitrogen and oxygen atoms in total. The number of halogens is 1. The molecular formula is C27H27ClN6O7. The second-order valence-corrected chi connectivity index (χ2v) is 9.36. The van der Waals surface area contributed by atoms with Crippen molar-refractivity contribution in [1.29, 1.82) is 0 Å². The summed E-state index contributed by atoms with van der Waals surface area (Å²) >= 11 is 6.12. The van der Waals surface area contributed by atoms with E-state index < -0.39 is 18.0 Å². The Kier molecular flexibility index (Phi) is 9.66. The van der Waals surface area contributed by atoms with Crippen molar-refractivity contribution < 1.29 is 34.1 Å². The number of carbonyl (C=O) groups is 3. The zero-order valence-corrected chi connectivity index (χ0v) is 22.7. The number of rotatable bonds is 13. The number of carboxylic acids is 1. The van der Waals surface area contributed by atoms with Crippen LogP contribution in [0.5, 0.6) is 5.75 Å². The van der Waals surface area contributed by atoms with E-state index in [1.165, 1.54) is 13.2 Å². The van der Waals surface area contributed by atoms with Crippen LogP contribution in [-0.2, 0) is 27.5 Å². The Balaban J connectivity index is 1.22. The van der Waals surface area contributed by atoms with Gasteiger partial charge in [0.05, 0.1) is 19.0 Å². The Morgan fingerprint density at radius 3 is 2.61 bits per heavy atom. The van der Waals surface area contributed by atoms with E-state index in [2.05, 4.69) is 30.6 Å². The predicted octanol–water partition coefficient (Wildman–Crippen LogP) is 3.61. The number of nitrogens with one attached hydrogen (secondary N) is 2. The monoisotopic (exact) mass is 582 g/mol. The molecule has 0 bridgehead atoms. The Hall–Kier alpha value is -4.75. The number of aromatic carboxylic acids is 1. The molecule has 1 unspecified atom stereocenters. The Labute approximate surface area is 239 Å². The molecule has 1 atom stereocenters. The number of H-pyrrole nitrogens is 1. The highest BCUT2D eigenvalue weighted by molar-refractivity contribution is 6.31. The van der Waals surface area contributed by atoms with E-state index >= 15 is 0 Å². The third kappa shape index (κ3) is 7.90. The summed E-state index contributed by atoms with van der Waals surface area (Å²) in [5.41, 5.74) is 2.35. The number of benzene rings is 2. The van der Waals surface area contributed by atoms with E-state index in [4.69, 9.17) is 21.4 Å². The highest BCUT2D eigenvalue weighted by atomic mass is 35.5. The van der Waals surface area contributed by atoms with Gasteiger partial charge in [-0.15, -0.1) is 5.10 Å². The molecule has 214 valence electrons. The molecule has 1 amide bonds. The van der Waals surface area contributed by atoms with Gasteiger partial charge in [0.1, 0.15) is 23.7 Å². The maximum absolute atomic E-state index is 12.3. The quantitative estimate of drug-likeness (QED) is 0.134. The lowest BCUT2D eigenvalue weighted by atomic mass is 10.1. The Morgan fingerprint density at radius 1 is 1.12 bits per heavy atom. The second kappa shape index (κ2) is 13.5. The van der Waals surface area contributed by atoms with Crippen LogP contribution >= 0.6 is 11.6 Å². The molecule has 2 heterocycles. The van der Waals surface area contributed by atoms with Crippen LogP contribution in [-0.4, -0.2) is 60.4 Å². The average Bonchev–Trinajstić information content (AvgIpc) is 3.64. The summed E-state index contributed by atoms with van der Waals surface area (Å²) in [6.45, 7) is 0.667. The van der Waals surface area contributed by atoms with Gasteiger partial charge in [0, 0.05) is 29.2 Å². The molecule has 0 radical (unpaired) electrons. The van der Waals surface area contributed by atoms with Crippen molar-refractivity contribution in [3.05, 3.63) is 76.7 Å². The number of carboxylic acid groups (broad SMARTS) is 1. The van der Waals surface area contributed by atoms with E-state index in [-0.39, 0.29) is 18.2 Å². The maximum Gasteiger partial charge on any atom is 0.353 e. The number of aliphatic hydroxyl groups excluding tert-OH is 1. The zero-order valence-electron chi connectivity index (χ0n) is 21.9. The lowest BCUT2D eigenvalue weighted by molar-refractivity contribution is -0.150. The number of nitrogens with zero attached hydrogens (tertiary/aromatic N) is 4. The number of unbranched alkanes of at least 4 members (excludes halogenated alkanes) is 1. The SMILES string of the molecule is COC(=O)C(O)c1ccc(NC(=O)CCCCn2cc(COc3ccc(Cl)cc3-c3cc(C(=O)O)[nH]n3)nn2)cc1. The van der Waals surface area contributed by atoms with Crippen molar-refractivity contribution in [1.82, 2.24) is 25.2 Å². The first kappa shape index (κ1) is 29.2. The van der Waals surface area contributed by atoms with Crippen LogP contribution in [0.1, 0.15) is 47.1 Å². The van der Waals surface area contributed by atoms with E-state index in [9.17, 15) is 19.5 Å². The summed E-state index contributed by atoms with van der Waals surface area (Å²) in [5, 5.41) is 36.9. The lowest BCUT2D eigenvalue weighted by Crippen LogP contribution is -2.14. The number of methoxy groups -OCH3 is 1. The molecule has 0 fully saturated rings. The predicted molar refractivity (Wildman–Crippen MR) is 146 cm³/mol. The van der Waals surface area contributed by atoms with Gasteiger partial charge >= 0.3 is 11.9 Å². The number of aliphatic hydroxyl groups is 1. The fourth-order valence-electron chi connectivity index (χ4n) is 3.84. The number of hydrogen-bond donors (Lipinski definition) is 4. The van der Waals surface area contributed by atoms with Crippen LogP contribution < -0.4 is 10.1 Å². The van der Waals surface area contributed by atoms with Gasteiger partial charge in [-0.05, 0) is 54.8 Å². The van der Waals surface area contributed by atoms with Gasteiger partial charge in [0.15, 0.2) is 6.10 Å². The average molecular weight is 583 g/mol. The van der Waals surface area contributed by atoms with E-state index in [1.54, 1.807) is 53.3 Å². The Bertz CT molecular complexity index is 1520. The van der Waals surface area contributed by atoms with Crippen LogP contribution in [0.2, 0.25) is 5.02 Å². The highest BCUT2D eigenvalue weighted by Gasteiger charge is 2.18. The van der Waals surface area contributed by atoms with Gasteiger partial charge < -0.3 is 25.0 Å². The minimum atomic E-state index is -1.38. The number of amides is 1. The molecule has 2 aromatic heterocycles. The number of aryl methyl sites for hydroxylation is 1. The molecule has 4 rings (SSSR count). The number of ether oxygens (including phenoxy) is 2. The molecule has 0 aliphatic heterocycles. The molecular weight excluding hydrogens is 556 g/mol. The fourth-order valence-corrected chi connectivity index (χ4v) is 4.01. The standard InChI is InChI=1S/C27H27ClN6O7/c1-40-27(39)25(36)16-5-8-18(9-6-16)29-24(35)4-2-3-11-34-14-19(30-33-34)15-41-23-10-7-17(28)12-20(23)21-13-22(26(37)38)32-31-21/h5-10,12-14,25,36H,2-4,11,15H2,1H3,(H,29,35)(H,31,32)(H,37,38). The largest absolute Gasteiger partial charge is 0.486 e. The molecule has 0 saturated carbocycles. The molecule has 0 spiro atoms. The van der Waals surface area contributed by atoms with E-state index in [0.717, 1.165) is 0 Å². The molecule has 4 N–H and O–H groups in total. The van der Waals surface area contributed by atoms with Crippen molar-refractivity contribution in [2.24, 2.45) is 0 Å². The van der Waals surface area contributed by atoms with Crippen molar-refractivity contribution >= 4 is 35.1 Å². The molecule has 0 saturated heterocycles. The van der Waals surface area contributed by atoms with Gasteiger partial charge in [-0.3, -0.25) is 14.6 Å². The molecule has 0 aliphatic rings. The number of aromatic amines is 1. The first-order chi connectivity index (χ1) is 19.7. The number of hydrogen-bond acceptors (Lipinski definition) is 9. The summed E-state index contributed by atoms with van der Waals surface area (Å²) < 4.78 is 12.1. The normalized spacial score (nSPS) is 11.6. The van der Waals surface area contributed by atoms with Crippen LogP contribution in [0.25, 0.3) is 11.3 Å². The molecule has 4 aromatic rings. The maximum atomic E-state index is 12.3. The number of aromatic nitrogens is 5. The highest BCUT2D eigenvalue weighted by Crippen LogP contribution is 2.32. The third-order valence-corrected chi connectivity index (χ3v) is 6.20. The van der Waals surface area contributed by atoms with Gasteiger partial charge in [-0.25, -0.2) is 9.59 Å². The molecule has 0 aliphatic carbocycles. The number of carbonyl (C=O) groups excluding carboxylic acids is 2. The lowest BCUT2D eigenvalue weighted by Gasteiger charge is -2.10. The van der Waals surface area contributed by atoms with Crippen molar-refractivity contribution in [2.75, 3.05) is 12.4 Å². The summed E-state index contributed by atoms with van der Waals surface area (Å²) in [7, 11) is 1.19. The minimum Gasteiger partial charge on any atom is -0.486 e. The summed E-state index contributed by atoms with van der Waals surface area (Å²) in [4.78, 5) is 34.9. The smallest absolute Gasteiger partial charge is 0.353 e. The fraction of sp³-hybridized carbons (Fsp3) is 0.259. The topological polar surface area (TPSA) is 182 Å². The first-order valence-electron chi connectivity index (χ1n) is 12.5. The van der Waals surface area contributed by atoms with Crippen molar-refractivity contribution in [3.63, 3.8) is 0 Å². The van der Waals surface area contributed by atoms with Crippen molar-refractivity contribution in [3.8, 4) is 17.0 Å². The van der Waals surface area contributed by atoms with Gasteiger partial charge in [0.25, 0.3) is 0 Å².